The van der Waals surface area contributed by atoms with Gasteiger partial charge in [0.05, 0.1) is 24.3 Å². The lowest BCUT2D eigenvalue weighted by molar-refractivity contribution is -0.140. The maximum atomic E-state index is 14.1. The van der Waals surface area contributed by atoms with Gasteiger partial charge in [-0.3, -0.25) is 13.9 Å². The number of sulfonamides is 1. The van der Waals surface area contributed by atoms with E-state index in [-0.39, 0.29) is 17.3 Å². The Morgan fingerprint density at radius 3 is 2.21 bits per heavy atom. The molecule has 0 saturated heterocycles. The Kier molecular flexibility index (Phi) is 11.8. The van der Waals surface area contributed by atoms with Crippen molar-refractivity contribution in [2.45, 2.75) is 58.0 Å². The lowest BCUT2D eigenvalue weighted by Crippen LogP contribution is -2.52. The van der Waals surface area contributed by atoms with Crippen LogP contribution in [0.5, 0.6) is 11.5 Å². The highest BCUT2D eigenvalue weighted by molar-refractivity contribution is 7.92. The van der Waals surface area contributed by atoms with Gasteiger partial charge in [-0.25, -0.2) is 8.42 Å². The van der Waals surface area contributed by atoms with Crippen molar-refractivity contribution in [2.75, 3.05) is 31.1 Å². The van der Waals surface area contributed by atoms with Crippen LogP contribution in [0, 0.1) is 6.92 Å². The molecule has 3 aromatic carbocycles. The number of amides is 2. The predicted molar refractivity (Wildman–Crippen MR) is 164 cm³/mol. The van der Waals surface area contributed by atoms with Crippen LogP contribution in [0.1, 0.15) is 44.7 Å². The summed E-state index contributed by atoms with van der Waals surface area (Å²) in [6.45, 7) is 8.02. The molecule has 9 nitrogen and oxygen atoms in total. The van der Waals surface area contributed by atoms with Crippen LogP contribution in [-0.2, 0) is 26.2 Å². The summed E-state index contributed by atoms with van der Waals surface area (Å²) < 4.78 is 40.0. The minimum atomic E-state index is -4.15. The number of nitrogens with one attached hydrogen (secondary N) is 1. The van der Waals surface area contributed by atoms with Crippen LogP contribution in [0.15, 0.2) is 77.7 Å². The summed E-state index contributed by atoms with van der Waals surface area (Å²) in [5, 5.41) is 2.89. The van der Waals surface area contributed by atoms with Crippen molar-refractivity contribution in [1.82, 2.24) is 10.2 Å². The molecule has 42 heavy (non-hydrogen) atoms. The maximum Gasteiger partial charge on any atom is 0.264 e. The zero-order valence-corrected chi connectivity index (χ0v) is 25.8. The Bertz CT molecular complexity index is 1430. The Hall–Kier alpha value is -4.05. The van der Waals surface area contributed by atoms with Gasteiger partial charge in [-0.15, -0.1) is 0 Å². The summed E-state index contributed by atoms with van der Waals surface area (Å²) in [5.41, 5.74) is 1.96. The summed E-state index contributed by atoms with van der Waals surface area (Å²) in [6.07, 6.45) is 1.09. The lowest BCUT2D eigenvalue weighted by atomic mass is 10.1. The third-order valence-corrected chi connectivity index (χ3v) is 8.53. The van der Waals surface area contributed by atoms with Gasteiger partial charge in [0.15, 0.2) is 0 Å². The van der Waals surface area contributed by atoms with Gasteiger partial charge in [0.1, 0.15) is 24.1 Å². The predicted octanol–water partition coefficient (Wildman–Crippen LogP) is 4.93. The molecule has 3 aromatic rings. The van der Waals surface area contributed by atoms with Gasteiger partial charge >= 0.3 is 0 Å². The molecule has 3 rings (SSSR count). The number of hydrogen-bond donors (Lipinski definition) is 1. The minimum absolute atomic E-state index is 0.0573. The first kappa shape index (κ1) is 32.5. The number of ether oxygens (including phenoxy) is 2. The van der Waals surface area contributed by atoms with E-state index < -0.39 is 28.5 Å². The van der Waals surface area contributed by atoms with E-state index in [1.807, 2.05) is 39.8 Å². The molecule has 0 heterocycles. The quantitative estimate of drug-likeness (QED) is 0.267. The van der Waals surface area contributed by atoms with Gasteiger partial charge in [-0.1, -0.05) is 43.7 Å². The molecule has 2 amide bonds. The highest BCUT2D eigenvalue weighted by Gasteiger charge is 2.33. The second-order valence-corrected chi connectivity index (χ2v) is 11.7. The van der Waals surface area contributed by atoms with Crippen molar-refractivity contribution in [3.8, 4) is 11.5 Å². The Morgan fingerprint density at radius 2 is 1.62 bits per heavy atom. The van der Waals surface area contributed by atoms with Crippen molar-refractivity contribution >= 4 is 27.5 Å². The molecule has 1 unspecified atom stereocenters. The van der Waals surface area contributed by atoms with E-state index in [0.29, 0.717) is 36.8 Å². The van der Waals surface area contributed by atoms with E-state index in [1.54, 1.807) is 55.6 Å². The fraction of sp³-hybridized carbons (Fsp3) is 0.375. The van der Waals surface area contributed by atoms with Crippen LogP contribution in [0.3, 0.4) is 0 Å². The Balaban J connectivity index is 2.06. The lowest BCUT2D eigenvalue weighted by Gasteiger charge is -2.33. The minimum Gasteiger partial charge on any atom is -0.497 e. The van der Waals surface area contributed by atoms with Crippen LogP contribution in [0.25, 0.3) is 0 Å². The second kappa shape index (κ2) is 15.3. The molecule has 0 aliphatic carbocycles. The zero-order chi connectivity index (χ0) is 30.7. The van der Waals surface area contributed by atoms with Crippen molar-refractivity contribution < 1.29 is 27.5 Å². The molecule has 1 N–H and O–H groups in total. The molecule has 0 fully saturated rings. The smallest absolute Gasteiger partial charge is 0.264 e. The van der Waals surface area contributed by atoms with Crippen LogP contribution in [0.4, 0.5) is 5.69 Å². The molecule has 0 bridgehead atoms. The van der Waals surface area contributed by atoms with Gasteiger partial charge in [-0.05, 0) is 80.8 Å². The molecule has 0 spiro atoms. The Labute approximate surface area is 249 Å². The first-order valence-corrected chi connectivity index (χ1v) is 15.6. The highest BCUT2D eigenvalue weighted by atomic mass is 32.2. The normalized spacial score (nSPS) is 11.8. The summed E-state index contributed by atoms with van der Waals surface area (Å²) in [7, 11) is -2.60. The third-order valence-electron chi connectivity index (χ3n) is 6.75. The molecule has 0 aromatic heterocycles. The van der Waals surface area contributed by atoms with Crippen molar-refractivity contribution in [3.05, 3.63) is 83.9 Å². The molecule has 226 valence electrons. The maximum absolute atomic E-state index is 14.1. The highest BCUT2D eigenvalue weighted by Crippen LogP contribution is 2.27. The largest absolute Gasteiger partial charge is 0.497 e. The van der Waals surface area contributed by atoms with E-state index in [1.165, 1.54) is 17.0 Å². The molecular weight excluding hydrogens is 554 g/mol. The van der Waals surface area contributed by atoms with Crippen molar-refractivity contribution in [3.63, 3.8) is 0 Å². The van der Waals surface area contributed by atoms with Crippen LogP contribution in [0.2, 0.25) is 0 Å². The number of rotatable bonds is 15. The molecule has 0 saturated carbocycles. The fourth-order valence-electron chi connectivity index (χ4n) is 4.49. The van der Waals surface area contributed by atoms with Gasteiger partial charge < -0.3 is 19.7 Å². The first-order chi connectivity index (χ1) is 20.1. The average molecular weight is 596 g/mol. The van der Waals surface area contributed by atoms with E-state index >= 15 is 0 Å². The fourth-order valence-corrected chi connectivity index (χ4v) is 5.91. The van der Waals surface area contributed by atoms with E-state index in [9.17, 15) is 18.0 Å². The van der Waals surface area contributed by atoms with Crippen LogP contribution >= 0.6 is 0 Å². The topological polar surface area (TPSA) is 105 Å². The SMILES string of the molecule is CCCNC(=O)C(CC)N(Cc1cccc(OC)c1)C(=O)CN(c1ccc(OCC)cc1)S(=O)(=O)c1ccc(C)cc1. The van der Waals surface area contributed by atoms with Crippen LogP contribution in [-0.4, -0.2) is 58.0 Å². The number of benzene rings is 3. The monoisotopic (exact) mass is 595 g/mol. The standard InChI is InChI=1S/C32H41N3O6S/c1-6-20-33-32(37)30(7-2)34(22-25-10-9-11-28(21-25)40-5)31(36)23-35(26-14-16-27(17-15-26)41-8-3)42(38,39)29-18-12-24(4)13-19-29/h9-19,21,30H,6-8,20,22-23H2,1-5H3,(H,33,37). The first-order valence-electron chi connectivity index (χ1n) is 14.2. The number of nitrogens with zero attached hydrogens (tertiary/aromatic N) is 2. The molecule has 10 heteroatoms. The van der Waals surface area contributed by atoms with E-state index in [2.05, 4.69) is 5.32 Å². The van der Waals surface area contributed by atoms with E-state index in [0.717, 1.165) is 21.9 Å². The van der Waals surface area contributed by atoms with Gasteiger partial charge in [0, 0.05) is 13.1 Å². The van der Waals surface area contributed by atoms with E-state index in [4.69, 9.17) is 9.47 Å². The number of anilines is 1. The van der Waals surface area contributed by atoms with Gasteiger partial charge in [0.25, 0.3) is 10.0 Å². The van der Waals surface area contributed by atoms with Crippen molar-refractivity contribution in [1.29, 1.82) is 0 Å². The van der Waals surface area contributed by atoms with Crippen LogP contribution < -0.4 is 19.1 Å². The number of methoxy groups -OCH3 is 1. The number of carbonyl (C=O) groups is 2. The molecule has 0 aliphatic heterocycles. The summed E-state index contributed by atoms with van der Waals surface area (Å²) in [4.78, 5) is 28.9. The average Bonchev–Trinajstić information content (AvgIpc) is 2.99. The molecule has 0 aliphatic rings. The number of aryl methyl sites for hydroxylation is 1. The number of carbonyl (C=O) groups excluding carboxylic acids is 2. The second-order valence-electron chi connectivity index (χ2n) is 9.84. The molecule has 1 atom stereocenters. The van der Waals surface area contributed by atoms with Gasteiger partial charge in [0.2, 0.25) is 11.8 Å². The third kappa shape index (κ3) is 8.25. The summed E-state index contributed by atoms with van der Waals surface area (Å²) >= 11 is 0. The molecular formula is C32H41N3O6S. The summed E-state index contributed by atoms with van der Waals surface area (Å²) in [5.74, 6) is 0.394. The summed E-state index contributed by atoms with van der Waals surface area (Å²) in [6, 6.07) is 19.5. The van der Waals surface area contributed by atoms with Gasteiger partial charge in [-0.2, -0.15) is 0 Å². The molecule has 0 radical (unpaired) electrons. The number of hydrogen-bond acceptors (Lipinski definition) is 6. The van der Waals surface area contributed by atoms with Crippen molar-refractivity contribution in [2.24, 2.45) is 0 Å². The zero-order valence-electron chi connectivity index (χ0n) is 25.0. The Morgan fingerprint density at radius 1 is 0.929 bits per heavy atom.